The Morgan fingerprint density at radius 3 is 2.93 bits per heavy atom. The third kappa shape index (κ3) is 2.40. The van der Waals surface area contributed by atoms with Crippen LogP contribution in [0.4, 0.5) is 0 Å². The molecule has 2 rings (SSSR count). The smallest absolute Gasteiger partial charge is 0.122 e. The number of aromatic nitrogens is 2. The molecule has 1 fully saturated rings. The molecule has 0 saturated heterocycles. The molecule has 0 aliphatic heterocycles. The average molecular weight is 207 g/mol. The molecule has 3 heteroatoms. The number of imidazole rings is 1. The fourth-order valence-electron chi connectivity index (χ4n) is 2.23. The molecule has 1 N–H and O–H groups in total. The molecule has 1 aromatic rings. The summed E-state index contributed by atoms with van der Waals surface area (Å²) in [6.45, 7) is 7.56. The zero-order valence-electron chi connectivity index (χ0n) is 9.79. The van der Waals surface area contributed by atoms with Crippen molar-refractivity contribution in [2.45, 2.75) is 46.2 Å². The summed E-state index contributed by atoms with van der Waals surface area (Å²) < 4.78 is 2.19. The van der Waals surface area contributed by atoms with E-state index >= 15 is 0 Å². The predicted molar refractivity (Wildman–Crippen MR) is 61.6 cm³/mol. The molecule has 0 bridgehead atoms. The molecule has 0 aromatic carbocycles. The summed E-state index contributed by atoms with van der Waals surface area (Å²) in [7, 11) is 0. The number of aryl methyl sites for hydroxylation is 1. The van der Waals surface area contributed by atoms with E-state index in [4.69, 9.17) is 0 Å². The normalized spacial score (nSPS) is 18.8. The van der Waals surface area contributed by atoms with Crippen LogP contribution in [-0.4, -0.2) is 16.1 Å². The van der Waals surface area contributed by atoms with Gasteiger partial charge in [-0.2, -0.15) is 0 Å². The first-order valence-electron chi connectivity index (χ1n) is 5.94. The van der Waals surface area contributed by atoms with E-state index in [-0.39, 0.29) is 0 Å². The van der Waals surface area contributed by atoms with Gasteiger partial charge in [-0.15, -0.1) is 0 Å². The SMILES string of the molecule is CCn1ccnc1CNCC1(C)CCC1. The first-order chi connectivity index (χ1) is 7.23. The van der Waals surface area contributed by atoms with Gasteiger partial charge in [0.2, 0.25) is 0 Å². The van der Waals surface area contributed by atoms with Crippen molar-refractivity contribution in [1.29, 1.82) is 0 Å². The standard InChI is InChI=1S/C12H21N3/c1-3-15-8-7-14-11(15)9-13-10-12(2)5-4-6-12/h7-8,13H,3-6,9-10H2,1-2H3. The molecule has 84 valence electrons. The second kappa shape index (κ2) is 4.35. The van der Waals surface area contributed by atoms with Gasteiger partial charge in [0.15, 0.2) is 0 Å². The van der Waals surface area contributed by atoms with E-state index in [2.05, 4.69) is 28.7 Å². The van der Waals surface area contributed by atoms with E-state index in [0.717, 1.165) is 25.5 Å². The maximum atomic E-state index is 4.35. The van der Waals surface area contributed by atoms with Crippen molar-refractivity contribution in [2.75, 3.05) is 6.54 Å². The molecular formula is C12H21N3. The highest BCUT2D eigenvalue weighted by Gasteiger charge is 2.30. The highest BCUT2D eigenvalue weighted by atomic mass is 15.1. The minimum Gasteiger partial charge on any atom is -0.334 e. The van der Waals surface area contributed by atoms with Crippen LogP contribution in [0.15, 0.2) is 12.4 Å². The molecule has 1 saturated carbocycles. The number of hydrogen-bond donors (Lipinski definition) is 1. The summed E-state index contributed by atoms with van der Waals surface area (Å²) in [6.07, 6.45) is 8.08. The summed E-state index contributed by atoms with van der Waals surface area (Å²) >= 11 is 0. The van der Waals surface area contributed by atoms with Gasteiger partial charge in [-0.3, -0.25) is 0 Å². The molecular weight excluding hydrogens is 186 g/mol. The van der Waals surface area contributed by atoms with Crippen LogP contribution in [0.2, 0.25) is 0 Å². The molecule has 15 heavy (non-hydrogen) atoms. The van der Waals surface area contributed by atoms with Gasteiger partial charge < -0.3 is 9.88 Å². The van der Waals surface area contributed by atoms with Gasteiger partial charge in [-0.05, 0) is 25.2 Å². The van der Waals surface area contributed by atoms with Crippen molar-refractivity contribution in [1.82, 2.24) is 14.9 Å². The third-order valence-corrected chi connectivity index (χ3v) is 3.54. The van der Waals surface area contributed by atoms with Gasteiger partial charge in [0.25, 0.3) is 0 Å². The molecule has 1 aromatic heterocycles. The van der Waals surface area contributed by atoms with Gasteiger partial charge in [-0.25, -0.2) is 4.98 Å². The van der Waals surface area contributed by atoms with Crippen molar-refractivity contribution in [3.8, 4) is 0 Å². The first kappa shape index (κ1) is 10.7. The Kier molecular flexibility index (Phi) is 3.10. The van der Waals surface area contributed by atoms with Gasteiger partial charge in [0, 0.05) is 25.5 Å². The quantitative estimate of drug-likeness (QED) is 0.802. The fraction of sp³-hybridized carbons (Fsp3) is 0.750. The Morgan fingerprint density at radius 2 is 2.33 bits per heavy atom. The van der Waals surface area contributed by atoms with Crippen molar-refractivity contribution in [2.24, 2.45) is 5.41 Å². The lowest BCUT2D eigenvalue weighted by Crippen LogP contribution is -2.37. The van der Waals surface area contributed by atoms with Crippen LogP contribution in [-0.2, 0) is 13.1 Å². The van der Waals surface area contributed by atoms with Gasteiger partial charge in [-0.1, -0.05) is 13.3 Å². The van der Waals surface area contributed by atoms with Crippen LogP contribution < -0.4 is 5.32 Å². The average Bonchev–Trinajstić information content (AvgIpc) is 2.63. The lowest BCUT2D eigenvalue weighted by atomic mass is 9.70. The molecule has 0 spiro atoms. The maximum absolute atomic E-state index is 4.35. The monoisotopic (exact) mass is 207 g/mol. The van der Waals surface area contributed by atoms with Gasteiger partial charge >= 0.3 is 0 Å². The van der Waals surface area contributed by atoms with Crippen LogP contribution in [0.25, 0.3) is 0 Å². The third-order valence-electron chi connectivity index (χ3n) is 3.54. The molecule has 1 aliphatic carbocycles. The lowest BCUT2D eigenvalue weighted by Gasteiger charge is -2.38. The van der Waals surface area contributed by atoms with E-state index in [0.29, 0.717) is 5.41 Å². The first-order valence-corrected chi connectivity index (χ1v) is 5.94. The second-order valence-electron chi connectivity index (χ2n) is 4.90. The second-order valence-corrected chi connectivity index (χ2v) is 4.90. The van der Waals surface area contributed by atoms with Crippen molar-refractivity contribution in [3.05, 3.63) is 18.2 Å². The van der Waals surface area contributed by atoms with E-state index < -0.39 is 0 Å². The van der Waals surface area contributed by atoms with Crippen LogP contribution in [0.3, 0.4) is 0 Å². The van der Waals surface area contributed by atoms with Crippen LogP contribution in [0, 0.1) is 5.41 Å². The summed E-state index contributed by atoms with van der Waals surface area (Å²) in [6, 6.07) is 0. The topological polar surface area (TPSA) is 29.9 Å². The molecule has 1 aliphatic rings. The Morgan fingerprint density at radius 1 is 1.53 bits per heavy atom. The fourth-order valence-corrected chi connectivity index (χ4v) is 2.23. The molecule has 0 amide bonds. The lowest BCUT2D eigenvalue weighted by molar-refractivity contribution is 0.156. The minimum absolute atomic E-state index is 0.559. The van der Waals surface area contributed by atoms with E-state index in [9.17, 15) is 0 Å². The van der Waals surface area contributed by atoms with E-state index in [1.165, 1.54) is 19.3 Å². The van der Waals surface area contributed by atoms with E-state index in [1.54, 1.807) is 0 Å². The van der Waals surface area contributed by atoms with Crippen molar-refractivity contribution < 1.29 is 0 Å². The Hall–Kier alpha value is -0.830. The summed E-state index contributed by atoms with van der Waals surface area (Å²) in [5.74, 6) is 1.15. The molecule has 3 nitrogen and oxygen atoms in total. The van der Waals surface area contributed by atoms with Crippen LogP contribution in [0.1, 0.15) is 38.9 Å². The van der Waals surface area contributed by atoms with Crippen molar-refractivity contribution >= 4 is 0 Å². The molecule has 0 unspecified atom stereocenters. The maximum Gasteiger partial charge on any atom is 0.122 e. The minimum atomic E-state index is 0.559. The van der Waals surface area contributed by atoms with Crippen molar-refractivity contribution in [3.63, 3.8) is 0 Å². The number of nitrogens with zero attached hydrogens (tertiary/aromatic N) is 2. The molecule has 1 heterocycles. The summed E-state index contributed by atoms with van der Waals surface area (Å²) in [4.78, 5) is 4.35. The number of hydrogen-bond acceptors (Lipinski definition) is 2. The number of rotatable bonds is 5. The Labute approximate surface area is 91.9 Å². The zero-order valence-corrected chi connectivity index (χ0v) is 9.79. The van der Waals surface area contributed by atoms with E-state index in [1.807, 2.05) is 12.4 Å². The largest absolute Gasteiger partial charge is 0.334 e. The zero-order chi connectivity index (χ0) is 10.7. The highest BCUT2D eigenvalue weighted by molar-refractivity contribution is 4.93. The molecule has 0 radical (unpaired) electrons. The predicted octanol–water partition coefficient (Wildman–Crippen LogP) is 2.18. The Balaban J connectivity index is 1.78. The summed E-state index contributed by atoms with van der Waals surface area (Å²) in [5, 5.41) is 3.52. The highest BCUT2D eigenvalue weighted by Crippen LogP contribution is 2.39. The van der Waals surface area contributed by atoms with Crippen LogP contribution in [0.5, 0.6) is 0 Å². The van der Waals surface area contributed by atoms with Gasteiger partial charge in [0.1, 0.15) is 5.82 Å². The summed E-state index contributed by atoms with van der Waals surface area (Å²) in [5.41, 5.74) is 0.559. The molecule has 0 atom stereocenters. The number of nitrogens with one attached hydrogen (secondary N) is 1. The van der Waals surface area contributed by atoms with Crippen LogP contribution >= 0.6 is 0 Å². The Bertz CT molecular complexity index is 312. The van der Waals surface area contributed by atoms with Gasteiger partial charge in [0.05, 0.1) is 6.54 Å².